The van der Waals surface area contributed by atoms with Crippen molar-refractivity contribution in [2.24, 2.45) is 5.92 Å². The normalized spacial score (nSPS) is 17.8. The molecule has 0 N–H and O–H groups in total. The number of amides is 1. The Hall–Kier alpha value is -4.00. The molecule has 0 radical (unpaired) electrons. The van der Waals surface area contributed by atoms with Crippen LogP contribution in [0.25, 0.3) is 0 Å². The summed E-state index contributed by atoms with van der Waals surface area (Å²) in [6, 6.07) is 18.2. The number of Topliss-reactive ketones (excluding diaryl/α,β-unsaturated/α-hetero) is 2. The zero-order valence-electron chi connectivity index (χ0n) is 18.2. The van der Waals surface area contributed by atoms with Crippen LogP contribution < -0.4 is 9.47 Å². The molecule has 6 nitrogen and oxygen atoms in total. The minimum Gasteiger partial charge on any atom is -0.497 e. The Morgan fingerprint density at radius 3 is 2.33 bits per heavy atom. The number of carbonyl (C=O) groups excluding carboxylic acids is 3. The van der Waals surface area contributed by atoms with Crippen molar-refractivity contribution in [2.45, 2.75) is 12.6 Å². The van der Waals surface area contributed by atoms with Gasteiger partial charge in [-0.3, -0.25) is 14.4 Å². The van der Waals surface area contributed by atoms with Gasteiger partial charge in [0.15, 0.2) is 5.78 Å². The number of hydrogen-bond donors (Lipinski definition) is 0. The van der Waals surface area contributed by atoms with Crippen molar-refractivity contribution in [3.8, 4) is 11.5 Å². The molecular weight excluding hydrogens is 425 g/mol. The van der Waals surface area contributed by atoms with Crippen LogP contribution in [0.4, 0.5) is 4.39 Å². The van der Waals surface area contributed by atoms with E-state index >= 15 is 0 Å². The molecule has 33 heavy (non-hydrogen) atoms. The SMILES string of the molecule is COc1ccc(C(=O)C2C(=O)C(=O)N(Cc3cccc(F)c3)C2c2ccccc2OC)cc1. The molecule has 3 aromatic carbocycles. The summed E-state index contributed by atoms with van der Waals surface area (Å²) in [6.45, 7) is -0.0303. The molecule has 3 aromatic rings. The zero-order valence-corrected chi connectivity index (χ0v) is 18.2. The number of likely N-dealkylation sites (tertiary alicyclic amines) is 1. The van der Waals surface area contributed by atoms with E-state index in [1.807, 2.05) is 0 Å². The van der Waals surface area contributed by atoms with Crippen molar-refractivity contribution in [2.75, 3.05) is 14.2 Å². The van der Waals surface area contributed by atoms with Gasteiger partial charge in [0.25, 0.3) is 5.91 Å². The summed E-state index contributed by atoms with van der Waals surface area (Å²) in [7, 11) is 2.99. The third-order valence-corrected chi connectivity index (χ3v) is 5.76. The zero-order chi connectivity index (χ0) is 23.5. The molecule has 2 unspecified atom stereocenters. The Labute approximate surface area is 190 Å². The van der Waals surface area contributed by atoms with Gasteiger partial charge in [0, 0.05) is 17.7 Å². The van der Waals surface area contributed by atoms with E-state index in [4.69, 9.17) is 9.47 Å². The van der Waals surface area contributed by atoms with E-state index in [2.05, 4.69) is 0 Å². The number of rotatable bonds is 7. The number of carbonyl (C=O) groups is 3. The van der Waals surface area contributed by atoms with Crippen molar-refractivity contribution in [1.82, 2.24) is 4.90 Å². The molecule has 1 aliphatic rings. The maximum absolute atomic E-state index is 13.8. The van der Waals surface area contributed by atoms with Crippen molar-refractivity contribution in [1.29, 1.82) is 0 Å². The maximum Gasteiger partial charge on any atom is 0.291 e. The van der Waals surface area contributed by atoms with E-state index in [0.29, 0.717) is 22.6 Å². The van der Waals surface area contributed by atoms with Crippen molar-refractivity contribution in [3.63, 3.8) is 0 Å². The molecule has 1 amide bonds. The smallest absolute Gasteiger partial charge is 0.291 e. The highest BCUT2D eigenvalue weighted by Crippen LogP contribution is 2.42. The largest absolute Gasteiger partial charge is 0.497 e. The fourth-order valence-corrected chi connectivity index (χ4v) is 4.18. The van der Waals surface area contributed by atoms with Gasteiger partial charge in [-0.15, -0.1) is 0 Å². The van der Waals surface area contributed by atoms with Gasteiger partial charge in [-0.2, -0.15) is 0 Å². The first-order valence-electron chi connectivity index (χ1n) is 10.3. The Morgan fingerprint density at radius 1 is 0.939 bits per heavy atom. The van der Waals surface area contributed by atoms with Crippen LogP contribution >= 0.6 is 0 Å². The lowest BCUT2D eigenvalue weighted by molar-refractivity contribution is -0.141. The predicted octanol–water partition coefficient (Wildman–Crippen LogP) is 3.99. The first-order chi connectivity index (χ1) is 15.9. The number of hydrogen-bond acceptors (Lipinski definition) is 5. The summed E-state index contributed by atoms with van der Waals surface area (Å²) in [6.07, 6.45) is 0. The van der Waals surface area contributed by atoms with Crippen LogP contribution in [0.2, 0.25) is 0 Å². The molecule has 1 aliphatic heterocycles. The molecule has 4 rings (SSSR count). The number of ketones is 2. The lowest BCUT2D eigenvalue weighted by Crippen LogP contribution is -2.30. The molecule has 0 spiro atoms. The lowest BCUT2D eigenvalue weighted by Gasteiger charge is -2.28. The lowest BCUT2D eigenvalue weighted by atomic mass is 9.86. The summed E-state index contributed by atoms with van der Waals surface area (Å²) in [4.78, 5) is 41.1. The number of para-hydroxylation sites is 1. The molecule has 1 saturated heterocycles. The molecule has 0 bridgehead atoms. The Kier molecular flexibility index (Phi) is 6.22. The van der Waals surface area contributed by atoms with Gasteiger partial charge in [0.05, 0.1) is 20.3 Å². The Bertz CT molecular complexity index is 1210. The van der Waals surface area contributed by atoms with Gasteiger partial charge in [-0.1, -0.05) is 30.3 Å². The summed E-state index contributed by atoms with van der Waals surface area (Å²) in [5.41, 5.74) is 1.32. The second kappa shape index (κ2) is 9.24. The van der Waals surface area contributed by atoms with Crippen molar-refractivity contribution >= 4 is 17.5 Å². The first kappa shape index (κ1) is 22.2. The van der Waals surface area contributed by atoms with Crippen LogP contribution in [0.1, 0.15) is 27.5 Å². The first-order valence-corrected chi connectivity index (χ1v) is 10.3. The second-order valence-corrected chi connectivity index (χ2v) is 7.68. The van der Waals surface area contributed by atoms with Crippen LogP contribution in [0.15, 0.2) is 72.8 Å². The summed E-state index contributed by atoms with van der Waals surface area (Å²) in [5, 5.41) is 0. The minimum atomic E-state index is -1.27. The van der Waals surface area contributed by atoms with Crippen molar-refractivity contribution < 1.29 is 28.2 Å². The van der Waals surface area contributed by atoms with Gasteiger partial charge in [0.2, 0.25) is 5.78 Å². The molecule has 1 heterocycles. The Morgan fingerprint density at radius 2 is 1.67 bits per heavy atom. The Balaban J connectivity index is 1.80. The molecule has 0 aliphatic carbocycles. The number of benzene rings is 3. The average molecular weight is 447 g/mol. The molecule has 7 heteroatoms. The molecule has 0 saturated carbocycles. The summed E-state index contributed by atoms with van der Waals surface area (Å²) >= 11 is 0. The second-order valence-electron chi connectivity index (χ2n) is 7.68. The number of methoxy groups -OCH3 is 2. The standard InChI is InChI=1S/C26H22FNO5/c1-32-19-12-10-17(11-13-19)24(29)22-23(20-8-3-4-9-21(20)33-2)28(26(31)25(22)30)15-16-6-5-7-18(27)14-16/h3-14,22-23H,15H2,1-2H3. The van der Waals surface area contributed by atoms with Gasteiger partial charge >= 0.3 is 0 Å². The minimum absolute atomic E-state index is 0.0303. The molecule has 2 atom stereocenters. The quantitative estimate of drug-likeness (QED) is 0.311. The van der Waals surface area contributed by atoms with Crippen LogP contribution in [-0.2, 0) is 16.1 Å². The molecule has 0 aromatic heterocycles. The van der Waals surface area contributed by atoms with Crippen molar-refractivity contribution in [3.05, 3.63) is 95.3 Å². The fraction of sp³-hybridized carbons (Fsp3) is 0.192. The highest BCUT2D eigenvalue weighted by atomic mass is 19.1. The predicted molar refractivity (Wildman–Crippen MR) is 119 cm³/mol. The molecule has 1 fully saturated rings. The van der Waals surface area contributed by atoms with Gasteiger partial charge in [-0.05, 0) is 48.0 Å². The third-order valence-electron chi connectivity index (χ3n) is 5.76. The third kappa shape index (κ3) is 4.22. The average Bonchev–Trinajstić information content (AvgIpc) is 3.08. The molecule has 168 valence electrons. The highest BCUT2D eigenvalue weighted by Gasteiger charge is 2.52. The van der Waals surface area contributed by atoms with E-state index in [9.17, 15) is 18.8 Å². The van der Waals surface area contributed by atoms with E-state index in [1.165, 1.54) is 37.3 Å². The molecular formula is C26H22FNO5. The van der Waals surface area contributed by atoms with Crippen LogP contribution in [0.5, 0.6) is 11.5 Å². The summed E-state index contributed by atoms with van der Waals surface area (Å²) in [5.74, 6) is -2.78. The van der Waals surface area contributed by atoms with Crippen LogP contribution in [0, 0.1) is 11.7 Å². The van der Waals surface area contributed by atoms with Gasteiger partial charge in [0.1, 0.15) is 23.2 Å². The van der Waals surface area contributed by atoms with E-state index < -0.39 is 35.3 Å². The monoisotopic (exact) mass is 447 g/mol. The number of halogens is 1. The van der Waals surface area contributed by atoms with E-state index in [0.717, 1.165) is 0 Å². The fourth-order valence-electron chi connectivity index (χ4n) is 4.18. The van der Waals surface area contributed by atoms with Gasteiger partial charge in [-0.25, -0.2) is 4.39 Å². The summed E-state index contributed by atoms with van der Waals surface area (Å²) < 4.78 is 24.4. The van der Waals surface area contributed by atoms with Crippen LogP contribution in [0.3, 0.4) is 0 Å². The van der Waals surface area contributed by atoms with E-state index in [1.54, 1.807) is 54.6 Å². The van der Waals surface area contributed by atoms with E-state index in [-0.39, 0.29) is 12.1 Å². The number of ether oxygens (including phenoxy) is 2. The highest BCUT2D eigenvalue weighted by molar-refractivity contribution is 6.44. The maximum atomic E-state index is 13.8. The van der Waals surface area contributed by atoms with Crippen LogP contribution in [-0.4, -0.2) is 36.6 Å². The topological polar surface area (TPSA) is 72.9 Å². The van der Waals surface area contributed by atoms with Gasteiger partial charge < -0.3 is 14.4 Å². The number of nitrogens with zero attached hydrogens (tertiary/aromatic N) is 1.